The van der Waals surface area contributed by atoms with Crippen molar-refractivity contribution >= 4 is 11.8 Å². The predicted octanol–water partition coefficient (Wildman–Crippen LogP) is 4.07. The Hall–Kier alpha value is -3.03. The zero-order valence-corrected chi connectivity index (χ0v) is 17.2. The molecule has 1 aliphatic rings. The van der Waals surface area contributed by atoms with Crippen LogP contribution in [-0.4, -0.2) is 42.5 Å². The minimum atomic E-state index is -4.44. The summed E-state index contributed by atoms with van der Waals surface area (Å²) < 4.78 is 43.8. The molecule has 1 N–H and O–H groups in total. The van der Waals surface area contributed by atoms with E-state index >= 15 is 0 Å². The molecule has 1 saturated heterocycles. The number of benzene rings is 2. The van der Waals surface area contributed by atoms with Crippen LogP contribution < -0.4 is 10.1 Å². The van der Waals surface area contributed by atoms with Crippen molar-refractivity contribution in [3.8, 4) is 5.75 Å². The molecule has 1 heterocycles. The van der Waals surface area contributed by atoms with E-state index in [4.69, 9.17) is 4.74 Å². The van der Waals surface area contributed by atoms with Crippen molar-refractivity contribution < 1.29 is 27.5 Å². The van der Waals surface area contributed by atoms with E-state index in [0.29, 0.717) is 49.4 Å². The first-order valence-electron chi connectivity index (χ1n) is 10.2. The molecule has 2 aromatic rings. The number of rotatable bonds is 6. The number of piperidine rings is 1. The number of likely N-dealkylation sites (tertiary alicyclic amines) is 1. The Bertz CT molecular complexity index is 905. The largest absolute Gasteiger partial charge is 0.494 e. The van der Waals surface area contributed by atoms with E-state index in [1.54, 1.807) is 29.2 Å². The quantitative estimate of drug-likeness (QED) is 0.746. The summed E-state index contributed by atoms with van der Waals surface area (Å²) in [6.45, 7) is 3.45. The number of nitrogens with zero attached hydrogens (tertiary/aromatic N) is 1. The van der Waals surface area contributed by atoms with E-state index in [-0.39, 0.29) is 24.3 Å². The molecule has 0 aromatic heterocycles. The summed E-state index contributed by atoms with van der Waals surface area (Å²) in [7, 11) is 0. The molecule has 0 unspecified atom stereocenters. The van der Waals surface area contributed by atoms with Gasteiger partial charge in [0.2, 0.25) is 5.91 Å². The summed E-state index contributed by atoms with van der Waals surface area (Å²) in [5, 5.41) is 2.87. The summed E-state index contributed by atoms with van der Waals surface area (Å²) in [6, 6.07) is 11.7. The minimum Gasteiger partial charge on any atom is -0.494 e. The molecule has 0 saturated carbocycles. The third kappa shape index (κ3) is 6.23. The fourth-order valence-electron chi connectivity index (χ4n) is 3.59. The van der Waals surface area contributed by atoms with Gasteiger partial charge in [0, 0.05) is 24.7 Å². The van der Waals surface area contributed by atoms with E-state index in [2.05, 4.69) is 5.32 Å². The second kappa shape index (κ2) is 9.85. The first-order valence-corrected chi connectivity index (χ1v) is 10.2. The Kier molecular flexibility index (Phi) is 7.20. The Morgan fingerprint density at radius 2 is 1.77 bits per heavy atom. The van der Waals surface area contributed by atoms with Crippen molar-refractivity contribution in [3.63, 3.8) is 0 Å². The molecule has 166 valence electrons. The molecular weight excluding hydrogens is 409 g/mol. The Labute approximate surface area is 179 Å². The summed E-state index contributed by atoms with van der Waals surface area (Å²) >= 11 is 0. The monoisotopic (exact) mass is 434 g/mol. The standard InChI is InChI=1S/C23H25F3N2O3/c1-2-31-20-8-6-17(7-9-20)22(30)28-12-10-19(11-13-28)27-21(29)15-16-4-3-5-18(14-16)23(24,25)26/h3-9,14,19H,2,10-13,15H2,1H3,(H,27,29). The number of amides is 2. The summed E-state index contributed by atoms with van der Waals surface area (Å²) in [6.07, 6.45) is -3.36. The normalized spacial score (nSPS) is 14.9. The summed E-state index contributed by atoms with van der Waals surface area (Å²) in [4.78, 5) is 26.7. The molecule has 8 heteroatoms. The minimum absolute atomic E-state index is 0.0724. The van der Waals surface area contributed by atoms with Gasteiger partial charge >= 0.3 is 6.18 Å². The Balaban J connectivity index is 1.48. The molecule has 0 radical (unpaired) electrons. The topological polar surface area (TPSA) is 58.6 Å². The van der Waals surface area contributed by atoms with Crippen LogP contribution in [0.2, 0.25) is 0 Å². The fourth-order valence-corrected chi connectivity index (χ4v) is 3.59. The van der Waals surface area contributed by atoms with Crippen LogP contribution in [0.1, 0.15) is 41.3 Å². The smallest absolute Gasteiger partial charge is 0.416 e. The molecule has 5 nitrogen and oxygen atoms in total. The van der Waals surface area contributed by atoms with Gasteiger partial charge in [-0.05, 0) is 55.7 Å². The SMILES string of the molecule is CCOc1ccc(C(=O)N2CCC(NC(=O)Cc3cccc(C(F)(F)F)c3)CC2)cc1. The molecule has 0 atom stereocenters. The lowest BCUT2D eigenvalue weighted by Gasteiger charge is -2.32. The van der Waals surface area contributed by atoms with Crippen molar-refractivity contribution in [1.29, 1.82) is 0 Å². The molecule has 0 spiro atoms. The Morgan fingerprint density at radius 3 is 2.39 bits per heavy atom. The zero-order valence-electron chi connectivity index (χ0n) is 17.2. The third-order valence-corrected chi connectivity index (χ3v) is 5.18. The maximum absolute atomic E-state index is 12.8. The van der Waals surface area contributed by atoms with Gasteiger partial charge in [0.05, 0.1) is 18.6 Å². The number of alkyl halides is 3. The first-order chi connectivity index (χ1) is 14.8. The molecule has 31 heavy (non-hydrogen) atoms. The number of halogens is 3. The van der Waals surface area contributed by atoms with E-state index in [1.807, 2.05) is 6.92 Å². The third-order valence-electron chi connectivity index (χ3n) is 5.18. The second-order valence-electron chi connectivity index (χ2n) is 7.47. The van der Waals surface area contributed by atoms with E-state index < -0.39 is 11.7 Å². The van der Waals surface area contributed by atoms with Crippen molar-refractivity contribution in [3.05, 3.63) is 65.2 Å². The average Bonchev–Trinajstić information content (AvgIpc) is 2.74. The van der Waals surface area contributed by atoms with E-state index in [9.17, 15) is 22.8 Å². The van der Waals surface area contributed by atoms with Crippen molar-refractivity contribution in [2.24, 2.45) is 0 Å². The molecule has 0 aliphatic carbocycles. The second-order valence-corrected chi connectivity index (χ2v) is 7.47. The van der Waals surface area contributed by atoms with Gasteiger partial charge in [-0.15, -0.1) is 0 Å². The van der Waals surface area contributed by atoms with Crippen LogP contribution >= 0.6 is 0 Å². The van der Waals surface area contributed by atoms with Crippen LogP contribution in [0.4, 0.5) is 13.2 Å². The number of hydrogen-bond donors (Lipinski definition) is 1. The van der Waals surface area contributed by atoms with Gasteiger partial charge in [-0.3, -0.25) is 9.59 Å². The van der Waals surface area contributed by atoms with Gasteiger partial charge in [0.1, 0.15) is 5.75 Å². The summed E-state index contributed by atoms with van der Waals surface area (Å²) in [5.74, 6) is 0.314. The van der Waals surface area contributed by atoms with Gasteiger partial charge in [0.15, 0.2) is 0 Å². The molecule has 1 aliphatic heterocycles. The van der Waals surface area contributed by atoms with Crippen molar-refractivity contribution in [1.82, 2.24) is 10.2 Å². The van der Waals surface area contributed by atoms with Crippen molar-refractivity contribution in [2.45, 2.75) is 38.4 Å². The molecular formula is C23H25F3N2O3. The lowest BCUT2D eigenvalue weighted by atomic mass is 10.0. The lowest BCUT2D eigenvalue weighted by molar-refractivity contribution is -0.137. The van der Waals surface area contributed by atoms with Gasteiger partial charge in [-0.25, -0.2) is 0 Å². The number of ether oxygens (including phenoxy) is 1. The fraction of sp³-hybridized carbons (Fsp3) is 0.391. The van der Waals surface area contributed by atoms with Gasteiger partial charge < -0.3 is 15.0 Å². The Morgan fingerprint density at radius 1 is 1.10 bits per heavy atom. The predicted molar refractivity (Wildman–Crippen MR) is 110 cm³/mol. The highest BCUT2D eigenvalue weighted by atomic mass is 19.4. The van der Waals surface area contributed by atoms with Crippen LogP contribution in [0, 0.1) is 0 Å². The van der Waals surface area contributed by atoms with Crippen molar-refractivity contribution in [2.75, 3.05) is 19.7 Å². The number of nitrogens with one attached hydrogen (secondary N) is 1. The van der Waals surface area contributed by atoms with Gasteiger partial charge in [0.25, 0.3) is 5.91 Å². The molecule has 1 fully saturated rings. The van der Waals surface area contributed by atoms with Crippen LogP contribution in [0.5, 0.6) is 5.75 Å². The van der Waals surface area contributed by atoms with Crippen LogP contribution in [0.15, 0.2) is 48.5 Å². The molecule has 2 amide bonds. The van der Waals surface area contributed by atoms with E-state index in [0.717, 1.165) is 12.1 Å². The zero-order chi connectivity index (χ0) is 22.4. The number of hydrogen-bond acceptors (Lipinski definition) is 3. The summed E-state index contributed by atoms with van der Waals surface area (Å²) in [5.41, 5.74) is 0.129. The maximum Gasteiger partial charge on any atom is 0.416 e. The molecule has 0 bridgehead atoms. The van der Waals surface area contributed by atoms with Gasteiger partial charge in [-0.1, -0.05) is 18.2 Å². The molecule has 3 rings (SSSR count). The highest BCUT2D eigenvalue weighted by Gasteiger charge is 2.30. The van der Waals surface area contributed by atoms with Crippen LogP contribution in [0.3, 0.4) is 0 Å². The average molecular weight is 434 g/mol. The first kappa shape index (κ1) is 22.7. The van der Waals surface area contributed by atoms with Crippen LogP contribution in [-0.2, 0) is 17.4 Å². The highest BCUT2D eigenvalue weighted by molar-refractivity contribution is 5.94. The maximum atomic E-state index is 12.8. The number of carbonyl (C=O) groups is 2. The number of carbonyl (C=O) groups excluding carboxylic acids is 2. The van der Waals surface area contributed by atoms with E-state index in [1.165, 1.54) is 12.1 Å². The highest BCUT2D eigenvalue weighted by Crippen LogP contribution is 2.29. The van der Waals surface area contributed by atoms with Crippen LogP contribution in [0.25, 0.3) is 0 Å². The lowest BCUT2D eigenvalue weighted by Crippen LogP contribution is -2.46. The van der Waals surface area contributed by atoms with Gasteiger partial charge in [-0.2, -0.15) is 13.2 Å². The molecule has 2 aromatic carbocycles.